The molecule has 3 rings (SSSR count). The largest absolute Gasteiger partial charge is 0.491 e. The molecule has 7 nitrogen and oxygen atoms in total. The number of rotatable bonds is 7. The summed E-state index contributed by atoms with van der Waals surface area (Å²) in [5.74, 6) is 0.699. The number of nitrogens with zero attached hydrogens (tertiary/aromatic N) is 3. The van der Waals surface area contributed by atoms with E-state index in [1.165, 1.54) is 13.3 Å². The Kier molecular flexibility index (Phi) is 6.34. The molecule has 1 aromatic heterocycles. The molecule has 2 heterocycles. The predicted octanol–water partition coefficient (Wildman–Crippen LogP) is 3.12. The number of benzene rings is 1. The van der Waals surface area contributed by atoms with Crippen LogP contribution in [-0.4, -0.2) is 45.8 Å². The average molecular weight is 386 g/mol. The van der Waals surface area contributed by atoms with Crippen molar-refractivity contribution in [3.8, 4) is 17.0 Å². The van der Waals surface area contributed by atoms with Crippen LogP contribution in [0.2, 0.25) is 0 Å². The maximum absolute atomic E-state index is 11.3. The van der Waals surface area contributed by atoms with Crippen molar-refractivity contribution in [3.05, 3.63) is 30.0 Å². The van der Waals surface area contributed by atoms with Crippen molar-refractivity contribution in [1.82, 2.24) is 20.3 Å². The van der Waals surface area contributed by atoms with Crippen molar-refractivity contribution in [2.45, 2.75) is 65.1 Å². The lowest BCUT2D eigenvalue weighted by atomic mass is 10.1. The highest BCUT2D eigenvalue weighted by Crippen LogP contribution is 2.26. The second kappa shape index (κ2) is 8.73. The molecule has 1 atom stereocenters. The van der Waals surface area contributed by atoms with Crippen LogP contribution in [0.15, 0.2) is 24.4 Å². The quantitative estimate of drug-likeness (QED) is 0.791. The van der Waals surface area contributed by atoms with Crippen molar-refractivity contribution in [3.63, 3.8) is 0 Å². The van der Waals surface area contributed by atoms with E-state index in [1.807, 2.05) is 49.8 Å². The zero-order valence-electron chi connectivity index (χ0n) is 17.2. The molecule has 1 amide bonds. The van der Waals surface area contributed by atoms with Crippen LogP contribution >= 0.6 is 0 Å². The highest BCUT2D eigenvalue weighted by molar-refractivity contribution is 5.73. The molecule has 0 aliphatic carbocycles. The Hall–Kier alpha value is -2.41. The summed E-state index contributed by atoms with van der Waals surface area (Å²) >= 11 is 0. The molecule has 0 spiro atoms. The lowest BCUT2D eigenvalue weighted by Crippen LogP contribution is -2.46. The smallest absolute Gasteiger partial charge is 0.217 e. The molecule has 1 aromatic carbocycles. The van der Waals surface area contributed by atoms with Crippen LogP contribution in [-0.2, 0) is 16.1 Å². The van der Waals surface area contributed by atoms with Crippen LogP contribution in [0.1, 0.15) is 45.6 Å². The van der Waals surface area contributed by atoms with E-state index in [0.717, 1.165) is 48.6 Å². The number of amides is 1. The van der Waals surface area contributed by atoms with Gasteiger partial charge in [-0.1, -0.05) is 5.21 Å². The van der Waals surface area contributed by atoms with E-state index in [2.05, 4.69) is 15.6 Å². The monoisotopic (exact) mass is 386 g/mol. The van der Waals surface area contributed by atoms with E-state index >= 15 is 0 Å². The molecule has 0 bridgehead atoms. The van der Waals surface area contributed by atoms with Gasteiger partial charge in [0.1, 0.15) is 18.1 Å². The number of carbonyl (C=O) groups excluding carboxylic acids is 1. The maximum Gasteiger partial charge on any atom is 0.217 e. The van der Waals surface area contributed by atoms with Gasteiger partial charge in [0.05, 0.1) is 24.4 Å². The second-order valence-corrected chi connectivity index (χ2v) is 8.14. The fraction of sp³-hybridized carbons (Fsp3) is 0.571. The Morgan fingerprint density at radius 2 is 2.21 bits per heavy atom. The maximum atomic E-state index is 11.3. The third-order valence-electron chi connectivity index (χ3n) is 4.79. The summed E-state index contributed by atoms with van der Waals surface area (Å²) in [4.78, 5) is 11.3. The molecule has 1 fully saturated rings. The standard InChI is InChI=1S/C21H30N4O3/c1-15-11-17(28-14-21(3,4)22-16(2)26)8-9-19(15)20-13-25(24-23-20)12-18-7-5-6-10-27-18/h8-9,11,13,18H,5-7,10,12,14H2,1-4H3,(H,22,26). The van der Waals surface area contributed by atoms with Crippen LogP contribution in [0, 0.1) is 6.92 Å². The lowest BCUT2D eigenvalue weighted by Gasteiger charge is -2.25. The first-order chi connectivity index (χ1) is 13.3. The molecule has 1 unspecified atom stereocenters. The number of carbonyl (C=O) groups is 1. The summed E-state index contributed by atoms with van der Waals surface area (Å²) in [7, 11) is 0. The number of hydrogen-bond donors (Lipinski definition) is 1. The Balaban J connectivity index is 1.63. The first-order valence-electron chi connectivity index (χ1n) is 9.87. The molecule has 2 aromatic rings. The lowest BCUT2D eigenvalue weighted by molar-refractivity contribution is -0.120. The minimum atomic E-state index is -0.428. The van der Waals surface area contributed by atoms with Crippen molar-refractivity contribution in [2.75, 3.05) is 13.2 Å². The molecular formula is C21H30N4O3. The van der Waals surface area contributed by atoms with Crippen molar-refractivity contribution >= 4 is 5.91 Å². The topological polar surface area (TPSA) is 78.3 Å². The van der Waals surface area contributed by atoms with Gasteiger partial charge in [-0.05, 0) is 63.8 Å². The Morgan fingerprint density at radius 1 is 1.39 bits per heavy atom. The van der Waals surface area contributed by atoms with E-state index in [0.29, 0.717) is 6.61 Å². The average Bonchev–Trinajstić information content (AvgIpc) is 3.08. The Morgan fingerprint density at radius 3 is 2.89 bits per heavy atom. The summed E-state index contributed by atoms with van der Waals surface area (Å²) in [6.07, 6.45) is 5.64. The van der Waals surface area contributed by atoms with Gasteiger partial charge in [0, 0.05) is 19.1 Å². The molecular weight excluding hydrogens is 356 g/mol. The van der Waals surface area contributed by atoms with Crippen LogP contribution in [0.4, 0.5) is 0 Å². The molecule has 1 N–H and O–H groups in total. The first-order valence-corrected chi connectivity index (χ1v) is 9.87. The van der Waals surface area contributed by atoms with Gasteiger partial charge >= 0.3 is 0 Å². The van der Waals surface area contributed by atoms with Crippen molar-refractivity contribution in [2.24, 2.45) is 0 Å². The van der Waals surface area contributed by atoms with E-state index < -0.39 is 5.54 Å². The molecule has 1 saturated heterocycles. The third kappa shape index (κ3) is 5.55. The highest BCUT2D eigenvalue weighted by Gasteiger charge is 2.20. The molecule has 28 heavy (non-hydrogen) atoms. The number of aryl methyl sites for hydroxylation is 1. The minimum absolute atomic E-state index is 0.0677. The molecule has 152 valence electrons. The highest BCUT2D eigenvalue weighted by atomic mass is 16.5. The normalized spacial score (nSPS) is 17.4. The summed E-state index contributed by atoms with van der Waals surface area (Å²) in [5.41, 5.74) is 2.51. The van der Waals surface area contributed by atoms with Crippen molar-refractivity contribution < 1.29 is 14.3 Å². The van der Waals surface area contributed by atoms with E-state index in [-0.39, 0.29) is 12.0 Å². The van der Waals surface area contributed by atoms with Gasteiger partial charge in [-0.15, -0.1) is 5.10 Å². The van der Waals surface area contributed by atoms with Crippen LogP contribution in [0.3, 0.4) is 0 Å². The third-order valence-corrected chi connectivity index (χ3v) is 4.79. The first kappa shape index (κ1) is 20.3. The summed E-state index contributed by atoms with van der Waals surface area (Å²) in [6.45, 7) is 9.38. The van der Waals surface area contributed by atoms with Crippen LogP contribution in [0.5, 0.6) is 5.75 Å². The number of nitrogens with one attached hydrogen (secondary N) is 1. The Labute approximate surface area is 166 Å². The second-order valence-electron chi connectivity index (χ2n) is 8.14. The SMILES string of the molecule is CC(=O)NC(C)(C)COc1ccc(-c2cn(CC3CCCCO3)nn2)c(C)c1. The summed E-state index contributed by atoms with van der Waals surface area (Å²) in [6, 6.07) is 5.92. The van der Waals surface area contributed by atoms with Crippen LogP contribution in [0.25, 0.3) is 11.3 Å². The molecule has 0 saturated carbocycles. The van der Waals surface area contributed by atoms with Gasteiger partial charge < -0.3 is 14.8 Å². The summed E-state index contributed by atoms with van der Waals surface area (Å²) in [5, 5.41) is 11.5. The summed E-state index contributed by atoms with van der Waals surface area (Å²) < 4.78 is 13.5. The zero-order chi connectivity index (χ0) is 20.1. The fourth-order valence-corrected chi connectivity index (χ4v) is 3.46. The Bertz CT molecular complexity index is 810. The van der Waals surface area contributed by atoms with E-state index in [9.17, 15) is 4.79 Å². The van der Waals surface area contributed by atoms with Gasteiger partial charge in [-0.25, -0.2) is 4.68 Å². The number of ether oxygens (including phenoxy) is 2. The molecule has 0 radical (unpaired) electrons. The molecule has 1 aliphatic rings. The fourth-order valence-electron chi connectivity index (χ4n) is 3.46. The molecule has 1 aliphatic heterocycles. The van der Waals surface area contributed by atoms with Gasteiger partial charge in [0.15, 0.2) is 0 Å². The van der Waals surface area contributed by atoms with Gasteiger partial charge in [-0.3, -0.25) is 4.79 Å². The van der Waals surface area contributed by atoms with Crippen LogP contribution < -0.4 is 10.1 Å². The van der Waals surface area contributed by atoms with Gasteiger partial charge in [-0.2, -0.15) is 0 Å². The predicted molar refractivity (Wildman–Crippen MR) is 107 cm³/mol. The van der Waals surface area contributed by atoms with Gasteiger partial charge in [0.2, 0.25) is 5.91 Å². The van der Waals surface area contributed by atoms with E-state index in [4.69, 9.17) is 9.47 Å². The minimum Gasteiger partial charge on any atom is -0.491 e. The number of hydrogen-bond acceptors (Lipinski definition) is 5. The zero-order valence-corrected chi connectivity index (χ0v) is 17.2. The van der Waals surface area contributed by atoms with Gasteiger partial charge in [0.25, 0.3) is 0 Å². The number of aromatic nitrogens is 3. The molecule has 7 heteroatoms. The van der Waals surface area contributed by atoms with Crippen molar-refractivity contribution in [1.29, 1.82) is 0 Å². The van der Waals surface area contributed by atoms with E-state index in [1.54, 1.807) is 0 Å².